The third-order valence-corrected chi connectivity index (χ3v) is 5.83. The minimum atomic E-state index is -0.416. The van der Waals surface area contributed by atoms with E-state index in [-0.39, 0.29) is 0 Å². The zero-order valence-corrected chi connectivity index (χ0v) is 21.3. The molecule has 3 aromatic rings. The molecule has 2 aromatic carbocycles. The average Bonchev–Trinajstić information content (AvgIpc) is 2.92. The normalized spacial score (nSPS) is 11.0. The topological polar surface area (TPSA) is 73.1 Å². The zero-order valence-electron chi connectivity index (χ0n) is 21.3. The summed E-state index contributed by atoms with van der Waals surface area (Å²) in [5.74, 6) is 0.799. The van der Waals surface area contributed by atoms with E-state index in [9.17, 15) is 4.79 Å². The number of esters is 1. The van der Waals surface area contributed by atoms with Gasteiger partial charge in [-0.2, -0.15) is 5.11 Å². The maximum atomic E-state index is 12.5. The largest absolute Gasteiger partial charge is 0.494 e. The van der Waals surface area contributed by atoms with Crippen molar-refractivity contribution < 1.29 is 14.3 Å². The number of hydrogen-bond acceptors (Lipinski definition) is 6. The minimum Gasteiger partial charge on any atom is -0.494 e. The van der Waals surface area contributed by atoms with Crippen LogP contribution in [0.5, 0.6) is 11.5 Å². The molecular formula is C30H37N3O3. The maximum absolute atomic E-state index is 12.5. The van der Waals surface area contributed by atoms with Gasteiger partial charge in [0.1, 0.15) is 17.2 Å². The number of carbonyl (C=O) groups is 1. The van der Waals surface area contributed by atoms with Crippen molar-refractivity contribution in [2.24, 2.45) is 10.2 Å². The molecular weight excluding hydrogens is 450 g/mol. The molecule has 6 nitrogen and oxygen atoms in total. The van der Waals surface area contributed by atoms with Crippen LogP contribution < -0.4 is 9.47 Å². The first-order valence-corrected chi connectivity index (χ1v) is 13.1. The molecule has 6 heteroatoms. The number of pyridine rings is 1. The van der Waals surface area contributed by atoms with Crippen molar-refractivity contribution in [2.45, 2.75) is 71.1 Å². The van der Waals surface area contributed by atoms with Crippen molar-refractivity contribution >= 4 is 17.3 Å². The number of benzene rings is 2. The standard InChI is InChI=1S/C30H37N3O3/c1-2-3-4-5-6-7-8-9-10-11-23-35-28-18-14-25(15-19-28)30(34)36-29-20-16-26(17-21-29)32-33-27-13-12-22-31-24-27/h12-22,24H,2-11,23H2,1H3. The lowest BCUT2D eigenvalue weighted by Gasteiger charge is -2.08. The van der Waals surface area contributed by atoms with Crippen molar-refractivity contribution in [2.75, 3.05) is 6.61 Å². The lowest BCUT2D eigenvalue weighted by atomic mass is 10.1. The molecule has 36 heavy (non-hydrogen) atoms. The van der Waals surface area contributed by atoms with Crippen LogP contribution in [0.3, 0.4) is 0 Å². The monoisotopic (exact) mass is 487 g/mol. The van der Waals surface area contributed by atoms with Gasteiger partial charge in [0.25, 0.3) is 0 Å². The van der Waals surface area contributed by atoms with Crippen LogP contribution in [0, 0.1) is 0 Å². The Morgan fingerprint density at radius 3 is 1.97 bits per heavy atom. The Balaban J connectivity index is 1.32. The summed E-state index contributed by atoms with van der Waals surface area (Å²) in [5.41, 5.74) is 1.80. The fourth-order valence-electron chi connectivity index (χ4n) is 3.74. The van der Waals surface area contributed by atoms with Gasteiger partial charge in [-0.1, -0.05) is 64.7 Å². The van der Waals surface area contributed by atoms with Gasteiger partial charge in [-0.3, -0.25) is 4.98 Å². The Bertz CT molecular complexity index is 1040. The predicted octanol–water partition coefficient (Wildman–Crippen LogP) is 9.02. The Kier molecular flexibility index (Phi) is 12.2. The third-order valence-electron chi connectivity index (χ3n) is 5.83. The molecule has 0 radical (unpaired) electrons. The summed E-state index contributed by atoms with van der Waals surface area (Å²) in [4.78, 5) is 16.5. The van der Waals surface area contributed by atoms with Crippen molar-refractivity contribution in [1.82, 2.24) is 4.98 Å². The highest BCUT2D eigenvalue weighted by molar-refractivity contribution is 5.91. The molecule has 0 spiro atoms. The van der Waals surface area contributed by atoms with E-state index in [4.69, 9.17) is 9.47 Å². The molecule has 0 bridgehead atoms. The van der Waals surface area contributed by atoms with Crippen molar-refractivity contribution in [3.05, 3.63) is 78.6 Å². The highest BCUT2D eigenvalue weighted by Gasteiger charge is 2.09. The molecule has 0 aliphatic rings. The zero-order chi connectivity index (χ0) is 25.3. The second kappa shape index (κ2) is 16.2. The van der Waals surface area contributed by atoms with E-state index in [1.165, 1.54) is 57.8 Å². The van der Waals surface area contributed by atoms with Gasteiger partial charge < -0.3 is 9.47 Å². The molecule has 0 saturated heterocycles. The van der Waals surface area contributed by atoms with E-state index in [2.05, 4.69) is 22.1 Å². The molecule has 1 heterocycles. The number of ether oxygens (including phenoxy) is 2. The van der Waals surface area contributed by atoms with E-state index in [0.717, 1.165) is 12.2 Å². The van der Waals surface area contributed by atoms with Crippen LogP contribution in [-0.4, -0.2) is 17.6 Å². The summed E-state index contributed by atoms with van der Waals surface area (Å²) in [5, 5.41) is 8.28. The highest BCUT2D eigenvalue weighted by atomic mass is 16.5. The molecule has 1 aromatic heterocycles. The van der Waals surface area contributed by atoms with E-state index < -0.39 is 5.97 Å². The van der Waals surface area contributed by atoms with Crippen LogP contribution in [0.1, 0.15) is 81.5 Å². The Morgan fingerprint density at radius 2 is 1.33 bits per heavy atom. The van der Waals surface area contributed by atoms with Gasteiger partial charge >= 0.3 is 5.97 Å². The SMILES string of the molecule is CCCCCCCCCCCCOc1ccc(C(=O)Oc2ccc(N=Nc3cccnc3)cc2)cc1. The van der Waals surface area contributed by atoms with Crippen LogP contribution in [0.25, 0.3) is 0 Å². The first-order chi connectivity index (χ1) is 17.7. The Labute approximate surface area is 214 Å². The second-order valence-electron chi connectivity index (χ2n) is 8.85. The molecule has 0 aliphatic carbocycles. The minimum absolute atomic E-state index is 0.416. The summed E-state index contributed by atoms with van der Waals surface area (Å²) in [6, 6.07) is 17.6. The quantitative estimate of drug-likeness (QED) is 0.0874. The van der Waals surface area contributed by atoms with Gasteiger partial charge in [-0.05, 0) is 67.1 Å². The Morgan fingerprint density at radius 1 is 0.722 bits per heavy atom. The lowest BCUT2D eigenvalue weighted by molar-refractivity contribution is 0.0734. The number of carbonyl (C=O) groups excluding carboxylic acids is 1. The van der Waals surface area contributed by atoms with Crippen molar-refractivity contribution in [1.29, 1.82) is 0 Å². The molecule has 0 saturated carbocycles. The van der Waals surface area contributed by atoms with E-state index in [1.54, 1.807) is 54.9 Å². The molecule has 0 aliphatic heterocycles. The summed E-state index contributed by atoms with van der Waals surface area (Å²) < 4.78 is 11.3. The molecule has 0 N–H and O–H groups in total. The van der Waals surface area contributed by atoms with Gasteiger partial charge in [0, 0.05) is 6.20 Å². The van der Waals surface area contributed by atoms with Crippen molar-refractivity contribution in [3.8, 4) is 11.5 Å². The van der Waals surface area contributed by atoms with Crippen LogP contribution in [0.4, 0.5) is 11.4 Å². The second-order valence-corrected chi connectivity index (χ2v) is 8.85. The predicted molar refractivity (Wildman–Crippen MR) is 144 cm³/mol. The highest BCUT2D eigenvalue weighted by Crippen LogP contribution is 2.22. The number of unbranched alkanes of at least 4 members (excludes halogenated alkanes) is 9. The van der Waals surface area contributed by atoms with Gasteiger partial charge in [0.15, 0.2) is 0 Å². The van der Waals surface area contributed by atoms with Crippen LogP contribution >= 0.6 is 0 Å². The lowest BCUT2D eigenvalue weighted by Crippen LogP contribution is -2.08. The van der Waals surface area contributed by atoms with E-state index in [1.807, 2.05) is 18.2 Å². The fourth-order valence-corrected chi connectivity index (χ4v) is 3.74. The molecule has 0 unspecified atom stereocenters. The van der Waals surface area contributed by atoms with E-state index in [0.29, 0.717) is 29.3 Å². The summed E-state index contributed by atoms with van der Waals surface area (Å²) in [7, 11) is 0. The number of nitrogens with zero attached hydrogens (tertiary/aromatic N) is 3. The number of hydrogen-bond donors (Lipinski definition) is 0. The third kappa shape index (κ3) is 10.4. The van der Waals surface area contributed by atoms with Gasteiger partial charge in [0.2, 0.25) is 0 Å². The first kappa shape index (κ1) is 27.1. The summed E-state index contributed by atoms with van der Waals surface area (Å²) >= 11 is 0. The first-order valence-electron chi connectivity index (χ1n) is 13.1. The molecule has 0 fully saturated rings. The van der Waals surface area contributed by atoms with Crippen molar-refractivity contribution in [3.63, 3.8) is 0 Å². The van der Waals surface area contributed by atoms with Gasteiger partial charge in [0.05, 0.1) is 24.1 Å². The van der Waals surface area contributed by atoms with E-state index >= 15 is 0 Å². The van der Waals surface area contributed by atoms with Crippen LogP contribution in [0.2, 0.25) is 0 Å². The van der Waals surface area contributed by atoms with Gasteiger partial charge in [-0.25, -0.2) is 4.79 Å². The Hall–Kier alpha value is -3.54. The molecule has 0 atom stereocenters. The number of rotatable bonds is 16. The molecule has 0 amide bonds. The maximum Gasteiger partial charge on any atom is 0.343 e. The number of azo groups is 1. The fraction of sp³-hybridized carbons (Fsp3) is 0.400. The summed E-state index contributed by atoms with van der Waals surface area (Å²) in [6.07, 6.45) is 16.3. The molecule has 190 valence electrons. The average molecular weight is 488 g/mol. The van der Waals surface area contributed by atoms with Gasteiger partial charge in [-0.15, -0.1) is 5.11 Å². The van der Waals surface area contributed by atoms with Crippen LogP contribution in [0.15, 0.2) is 83.3 Å². The summed E-state index contributed by atoms with van der Waals surface area (Å²) in [6.45, 7) is 2.96. The van der Waals surface area contributed by atoms with Crippen LogP contribution in [-0.2, 0) is 0 Å². The smallest absolute Gasteiger partial charge is 0.343 e. The molecule has 3 rings (SSSR count). The number of aromatic nitrogens is 1.